The van der Waals surface area contributed by atoms with Gasteiger partial charge in [-0.2, -0.15) is 4.99 Å². The van der Waals surface area contributed by atoms with Gasteiger partial charge in [0.15, 0.2) is 14.6 Å². The van der Waals surface area contributed by atoms with Crippen molar-refractivity contribution >= 4 is 43.3 Å². The Morgan fingerprint density at radius 2 is 1.65 bits per heavy atom. The fraction of sp³-hybridized carbons (Fsp3) is 0.160. The number of fused-ring (bicyclic) bond motifs is 1. The van der Waals surface area contributed by atoms with E-state index in [1.54, 1.807) is 10.6 Å². The second-order valence-corrected chi connectivity index (χ2v) is 10.7. The highest BCUT2D eigenvalue weighted by atomic mass is 32.2. The van der Waals surface area contributed by atoms with E-state index in [4.69, 9.17) is 4.74 Å². The van der Waals surface area contributed by atoms with Crippen molar-refractivity contribution in [3.05, 3.63) is 83.2 Å². The average Bonchev–Trinajstić information content (AvgIpc) is 3.15. The maximum Gasteiger partial charge on any atom is 0.325 e. The van der Waals surface area contributed by atoms with Crippen LogP contribution in [0, 0.1) is 0 Å². The number of carbonyl (C=O) groups is 2. The number of thiazole rings is 1. The highest BCUT2D eigenvalue weighted by Gasteiger charge is 2.15. The Labute approximate surface area is 200 Å². The van der Waals surface area contributed by atoms with Crippen LogP contribution >= 0.6 is 11.3 Å². The first kappa shape index (κ1) is 23.6. The summed E-state index contributed by atoms with van der Waals surface area (Å²) in [6, 6.07) is 22.2. The van der Waals surface area contributed by atoms with Gasteiger partial charge in [0.1, 0.15) is 6.54 Å². The number of carbonyl (C=O) groups excluding carboxylic acids is 2. The van der Waals surface area contributed by atoms with Gasteiger partial charge in [-0.3, -0.25) is 9.59 Å². The predicted octanol–water partition coefficient (Wildman–Crippen LogP) is 3.62. The smallest absolute Gasteiger partial charge is 0.325 e. The first-order chi connectivity index (χ1) is 16.2. The topological polar surface area (TPSA) is 94.8 Å². The van der Waals surface area contributed by atoms with Crippen LogP contribution in [-0.4, -0.2) is 38.2 Å². The molecule has 0 unspecified atom stereocenters. The van der Waals surface area contributed by atoms with Gasteiger partial charge >= 0.3 is 5.97 Å². The molecule has 9 heteroatoms. The zero-order valence-corrected chi connectivity index (χ0v) is 20.2. The van der Waals surface area contributed by atoms with Gasteiger partial charge in [-0.15, -0.1) is 0 Å². The van der Waals surface area contributed by atoms with Gasteiger partial charge in [0.05, 0.1) is 28.6 Å². The summed E-state index contributed by atoms with van der Waals surface area (Å²) in [7, 11) is -2.13. The molecule has 34 heavy (non-hydrogen) atoms. The molecule has 0 N–H and O–H groups in total. The lowest BCUT2D eigenvalue weighted by atomic mass is 10.0. The molecule has 0 bridgehead atoms. The van der Waals surface area contributed by atoms with Crippen LogP contribution in [0.1, 0.15) is 5.56 Å². The molecule has 0 fully saturated rings. The van der Waals surface area contributed by atoms with E-state index in [2.05, 4.69) is 4.99 Å². The number of aromatic nitrogens is 1. The summed E-state index contributed by atoms with van der Waals surface area (Å²) in [6.45, 7) is -0.146. The first-order valence-electron chi connectivity index (χ1n) is 10.4. The fourth-order valence-electron chi connectivity index (χ4n) is 3.48. The minimum absolute atomic E-state index is 0.0934. The van der Waals surface area contributed by atoms with E-state index in [1.165, 1.54) is 19.2 Å². The van der Waals surface area contributed by atoms with E-state index >= 15 is 0 Å². The molecule has 4 rings (SSSR count). The Bertz CT molecular complexity index is 1530. The third-order valence-electron chi connectivity index (χ3n) is 5.23. The molecule has 7 nitrogen and oxygen atoms in total. The van der Waals surface area contributed by atoms with E-state index in [1.807, 2.05) is 54.6 Å². The van der Waals surface area contributed by atoms with E-state index in [9.17, 15) is 18.0 Å². The minimum Gasteiger partial charge on any atom is -0.468 e. The second-order valence-electron chi connectivity index (χ2n) is 7.69. The fourth-order valence-corrected chi connectivity index (χ4v) is 5.29. The first-order valence-corrected chi connectivity index (χ1v) is 13.1. The monoisotopic (exact) mass is 494 g/mol. The Kier molecular flexibility index (Phi) is 6.76. The quantitative estimate of drug-likeness (QED) is 0.382. The third kappa shape index (κ3) is 5.32. The molecule has 0 saturated carbocycles. The van der Waals surface area contributed by atoms with Gasteiger partial charge < -0.3 is 9.30 Å². The molecule has 1 heterocycles. The van der Waals surface area contributed by atoms with Crippen LogP contribution in [0.3, 0.4) is 0 Å². The lowest BCUT2D eigenvalue weighted by Gasteiger charge is -2.05. The van der Waals surface area contributed by atoms with Crippen LogP contribution in [0.15, 0.2) is 82.7 Å². The van der Waals surface area contributed by atoms with Gasteiger partial charge in [0, 0.05) is 6.26 Å². The lowest BCUT2D eigenvalue weighted by molar-refractivity contribution is -0.141. The third-order valence-corrected chi connectivity index (χ3v) is 7.39. The summed E-state index contributed by atoms with van der Waals surface area (Å²) in [5.41, 5.74) is 3.55. The van der Waals surface area contributed by atoms with Crippen LogP contribution < -0.4 is 4.80 Å². The van der Waals surface area contributed by atoms with E-state index in [-0.39, 0.29) is 23.8 Å². The van der Waals surface area contributed by atoms with Crippen LogP contribution in [0.25, 0.3) is 21.3 Å². The average molecular weight is 495 g/mol. The summed E-state index contributed by atoms with van der Waals surface area (Å²) in [5.74, 6) is -0.877. The van der Waals surface area contributed by atoms with Crippen molar-refractivity contribution < 1.29 is 22.7 Å². The Hall–Kier alpha value is -3.56. The summed E-state index contributed by atoms with van der Waals surface area (Å²) >= 11 is 1.15. The van der Waals surface area contributed by atoms with Crippen LogP contribution in [-0.2, 0) is 37.1 Å². The molecule has 1 aromatic heterocycles. The lowest BCUT2D eigenvalue weighted by Crippen LogP contribution is -2.22. The van der Waals surface area contributed by atoms with E-state index < -0.39 is 15.8 Å². The molecule has 0 saturated heterocycles. The largest absolute Gasteiger partial charge is 0.468 e. The molecule has 3 aromatic carbocycles. The summed E-state index contributed by atoms with van der Waals surface area (Å²) < 4.78 is 30.8. The molecule has 0 aliphatic heterocycles. The highest BCUT2D eigenvalue weighted by molar-refractivity contribution is 7.90. The maximum atomic E-state index is 12.8. The molecule has 4 aromatic rings. The van der Waals surface area contributed by atoms with Gasteiger partial charge in [-0.1, -0.05) is 65.9 Å². The van der Waals surface area contributed by atoms with Crippen molar-refractivity contribution in [3.63, 3.8) is 0 Å². The number of amides is 1. The SMILES string of the molecule is COC(=O)Cn1c(=NC(=O)Cc2ccc(-c3ccccc3)cc2)sc2cc(S(C)(=O)=O)ccc21. The Balaban J connectivity index is 1.66. The molecular formula is C25H22N2O5S2. The van der Waals surface area contributed by atoms with Gasteiger partial charge in [-0.25, -0.2) is 8.42 Å². The van der Waals surface area contributed by atoms with Gasteiger partial charge in [0.2, 0.25) is 0 Å². The molecular weight excluding hydrogens is 472 g/mol. The number of ether oxygens (including phenoxy) is 1. The predicted molar refractivity (Wildman–Crippen MR) is 131 cm³/mol. The molecule has 0 spiro atoms. The van der Waals surface area contributed by atoms with Crippen molar-refractivity contribution in [1.82, 2.24) is 4.57 Å². The van der Waals surface area contributed by atoms with Crippen LogP contribution in [0.4, 0.5) is 0 Å². The Morgan fingerprint density at radius 3 is 2.29 bits per heavy atom. The van der Waals surface area contributed by atoms with Crippen LogP contribution in [0.5, 0.6) is 0 Å². The minimum atomic E-state index is -3.40. The maximum absolute atomic E-state index is 12.8. The number of benzene rings is 3. The molecule has 0 radical (unpaired) electrons. The van der Waals surface area contributed by atoms with E-state index in [0.717, 1.165) is 34.3 Å². The number of esters is 1. The number of hydrogen-bond acceptors (Lipinski definition) is 6. The highest BCUT2D eigenvalue weighted by Crippen LogP contribution is 2.22. The van der Waals surface area contributed by atoms with Crippen molar-refractivity contribution in [1.29, 1.82) is 0 Å². The molecule has 0 atom stereocenters. The van der Waals surface area contributed by atoms with Crippen LogP contribution in [0.2, 0.25) is 0 Å². The standard InChI is InChI=1S/C25H22N2O5S2/c1-32-24(29)16-27-21-13-12-20(34(2,30)31)15-22(21)33-25(27)26-23(28)14-17-8-10-19(11-9-17)18-6-4-3-5-7-18/h3-13,15H,14,16H2,1-2H3. The second kappa shape index (κ2) is 9.74. The van der Waals surface area contributed by atoms with Gasteiger partial charge in [0.25, 0.3) is 5.91 Å². The van der Waals surface area contributed by atoms with Gasteiger partial charge in [-0.05, 0) is 34.9 Å². The molecule has 0 aliphatic carbocycles. The Morgan fingerprint density at radius 1 is 0.971 bits per heavy atom. The molecule has 174 valence electrons. The number of nitrogens with zero attached hydrogens (tertiary/aromatic N) is 2. The molecule has 1 amide bonds. The van der Waals surface area contributed by atoms with E-state index in [0.29, 0.717) is 15.0 Å². The van der Waals surface area contributed by atoms with Crippen molar-refractivity contribution in [2.75, 3.05) is 13.4 Å². The summed E-state index contributed by atoms with van der Waals surface area (Å²) in [6.07, 6.45) is 1.22. The summed E-state index contributed by atoms with van der Waals surface area (Å²) in [5, 5.41) is 0. The summed E-state index contributed by atoms with van der Waals surface area (Å²) in [4.78, 5) is 29.4. The van der Waals surface area contributed by atoms with Crippen molar-refractivity contribution in [2.45, 2.75) is 17.9 Å². The normalized spacial score (nSPS) is 12.1. The zero-order valence-electron chi connectivity index (χ0n) is 18.6. The van der Waals surface area contributed by atoms with Crippen molar-refractivity contribution in [2.24, 2.45) is 4.99 Å². The molecule has 0 aliphatic rings. The number of rotatable bonds is 6. The van der Waals surface area contributed by atoms with Crippen molar-refractivity contribution in [3.8, 4) is 11.1 Å². The number of sulfone groups is 1. The zero-order chi connectivity index (χ0) is 24.3. The number of hydrogen-bond donors (Lipinski definition) is 0. The number of methoxy groups -OCH3 is 1.